The van der Waals surface area contributed by atoms with E-state index in [1.54, 1.807) is 18.2 Å². The van der Waals surface area contributed by atoms with Gasteiger partial charge in [0.25, 0.3) is 0 Å². The van der Waals surface area contributed by atoms with Gasteiger partial charge in [-0.05, 0) is 51.3 Å². The van der Waals surface area contributed by atoms with Crippen molar-refractivity contribution in [2.45, 2.75) is 20.3 Å². The summed E-state index contributed by atoms with van der Waals surface area (Å²) in [7, 11) is 0.227. The molecule has 1 N–H and O–H groups in total. The van der Waals surface area contributed by atoms with Crippen LogP contribution >= 0.6 is 20.2 Å². The van der Waals surface area contributed by atoms with Gasteiger partial charge in [0, 0.05) is 12.2 Å². The molecule has 0 aliphatic heterocycles. The van der Waals surface area contributed by atoms with Gasteiger partial charge < -0.3 is 14.3 Å². The minimum Gasteiger partial charge on any atom is -0.509 e. The highest BCUT2D eigenvalue weighted by atomic mass is 35.5. The first-order valence-corrected chi connectivity index (χ1v) is 10.6. The second kappa shape index (κ2) is 8.81. The molecule has 0 aliphatic rings. The Hall–Kier alpha value is -2.29. The number of fused-ring (bicyclic) bond motifs is 1. The van der Waals surface area contributed by atoms with Gasteiger partial charge in [0.1, 0.15) is 17.0 Å². The maximum atomic E-state index is 12.6. The summed E-state index contributed by atoms with van der Waals surface area (Å²) in [5.41, 5.74) is 3.24. The number of aliphatic hydroxyl groups is 1. The molecule has 3 rings (SSSR count). The number of hydrogen-bond acceptors (Lipinski definition) is 4. The molecule has 1 atom stereocenters. The smallest absolute Gasteiger partial charge is 0.193 e. The molecule has 0 aliphatic carbocycles. The van der Waals surface area contributed by atoms with E-state index >= 15 is 0 Å². The molecule has 4 nitrogen and oxygen atoms in total. The molecule has 0 radical (unpaired) electrons. The lowest BCUT2D eigenvalue weighted by molar-refractivity contribution is 0.342. The van der Waals surface area contributed by atoms with E-state index in [1.807, 2.05) is 19.9 Å². The molecule has 1 unspecified atom stereocenters. The third kappa shape index (κ3) is 4.40. The standard InChI is InChI=1S/C22H22ClO4P/c1-4-15-10-13(2)11-19(26-8-9-28-14(3)24)21(15)20-12-18(25)16-6-5-7-17(23)22(16)27-20/h5-7,10-12,24,28H,3-4,8-9H2,1-2H3. The van der Waals surface area contributed by atoms with Crippen LogP contribution in [0.2, 0.25) is 5.02 Å². The molecule has 0 bridgehead atoms. The van der Waals surface area contributed by atoms with Crippen molar-refractivity contribution in [3.8, 4) is 17.1 Å². The summed E-state index contributed by atoms with van der Waals surface area (Å²) in [6.07, 6.45) is 1.42. The van der Waals surface area contributed by atoms with Crippen LogP contribution in [0, 0.1) is 6.92 Å². The number of para-hydroxylation sites is 1. The van der Waals surface area contributed by atoms with Gasteiger partial charge in [0.05, 0.1) is 22.6 Å². The fourth-order valence-corrected chi connectivity index (χ4v) is 3.83. The third-order valence-corrected chi connectivity index (χ3v) is 5.51. The monoisotopic (exact) mass is 416 g/mol. The zero-order valence-corrected chi connectivity index (χ0v) is 17.6. The lowest BCUT2D eigenvalue weighted by Gasteiger charge is -2.16. The fraction of sp³-hybridized carbons (Fsp3) is 0.227. The van der Waals surface area contributed by atoms with E-state index in [0.717, 1.165) is 23.1 Å². The lowest BCUT2D eigenvalue weighted by Crippen LogP contribution is -2.05. The minimum absolute atomic E-state index is 0.148. The summed E-state index contributed by atoms with van der Waals surface area (Å²) >= 11 is 6.26. The van der Waals surface area contributed by atoms with Gasteiger partial charge in [-0.15, -0.1) is 0 Å². The average molecular weight is 417 g/mol. The number of hydrogen-bond donors (Lipinski definition) is 1. The fourth-order valence-electron chi connectivity index (χ4n) is 3.12. The van der Waals surface area contributed by atoms with Gasteiger partial charge in [-0.2, -0.15) is 0 Å². The van der Waals surface area contributed by atoms with Crippen LogP contribution in [-0.4, -0.2) is 17.9 Å². The summed E-state index contributed by atoms with van der Waals surface area (Å²) < 4.78 is 12.1. The molecular weight excluding hydrogens is 395 g/mol. The molecule has 0 fully saturated rings. The van der Waals surface area contributed by atoms with Crippen molar-refractivity contribution in [3.63, 3.8) is 0 Å². The Morgan fingerprint density at radius 3 is 2.82 bits per heavy atom. The van der Waals surface area contributed by atoms with Crippen LogP contribution in [0.25, 0.3) is 22.3 Å². The molecule has 6 heteroatoms. The first-order chi connectivity index (χ1) is 13.4. The summed E-state index contributed by atoms with van der Waals surface area (Å²) in [5, 5.41) is 10.1. The molecule has 0 spiro atoms. The number of aryl methyl sites for hydroxylation is 2. The molecule has 146 valence electrons. The van der Waals surface area contributed by atoms with Crippen molar-refractivity contribution >= 4 is 31.2 Å². The van der Waals surface area contributed by atoms with E-state index in [-0.39, 0.29) is 19.5 Å². The third-order valence-electron chi connectivity index (χ3n) is 4.35. The first kappa shape index (κ1) is 20.4. The first-order valence-electron chi connectivity index (χ1n) is 9.01. The summed E-state index contributed by atoms with van der Waals surface area (Å²) in [5.74, 6) is 1.09. The molecule has 28 heavy (non-hydrogen) atoms. The predicted octanol–water partition coefficient (Wildman–Crippen LogP) is 6.07. The van der Waals surface area contributed by atoms with Crippen LogP contribution in [0.1, 0.15) is 18.1 Å². The lowest BCUT2D eigenvalue weighted by atomic mass is 9.98. The largest absolute Gasteiger partial charge is 0.509 e. The van der Waals surface area contributed by atoms with Crippen molar-refractivity contribution in [2.75, 3.05) is 12.8 Å². The topological polar surface area (TPSA) is 59.7 Å². The van der Waals surface area contributed by atoms with E-state index in [2.05, 4.69) is 12.6 Å². The Kier molecular flexibility index (Phi) is 6.43. The Bertz CT molecular complexity index is 1090. The van der Waals surface area contributed by atoms with E-state index in [1.165, 1.54) is 6.07 Å². The zero-order valence-electron chi connectivity index (χ0n) is 15.8. The molecule has 1 heterocycles. The Labute approximate surface area is 170 Å². The number of halogens is 1. The number of rotatable bonds is 7. The number of aliphatic hydroxyl groups excluding tert-OH is 1. The van der Waals surface area contributed by atoms with Gasteiger partial charge >= 0.3 is 0 Å². The van der Waals surface area contributed by atoms with Crippen LogP contribution in [-0.2, 0) is 6.42 Å². The molecule has 2 aromatic carbocycles. The highest BCUT2D eigenvalue weighted by Gasteiger charge is 2.17. The number of ether oxygens (including phenoxy) is 1. The summed E-state index contributed by atoms with van der Waals surface area (Å²) in [6, 6.07) is 10.6. The van der Waals surface area contributed by atoms with Crippen molar-refractivity contribution in [2.24, 2.45) is 0 Å². The van der Waals surface area contributed by atoms with Gasteiger partial charge in [-0.3, -0.25) is 4.79 Å². The van der Waals surface area contributed by atoms with E-state index in [0.29, 0.717) is 40.3 Å². The maximum Gasteiger partial charge on any atom is 0.193 e. The van der Waals surface area contributed by atoms with Gasteiger partial charge in [0.2, 0.25) is 0 Å². The Morgan fingerprint density at radius 1 is 1.32 bits per heavy atom. The summed E-state index contributed by atoms with van der Waals surface area (Å²) in [6.45, 7) is 7.98. The van der Waals surface area contributed by atoms with Crippen molar-refractivity contribution in [1.29, 1.82) is 0 Å². The molecule has 0 saturated carbocycles. The molecule has 0 saturated heterocycles. The minimum atomic E-state index is -0.148. The average Bonchev–Trinajstić information content (AvgIpc) is 2.65. The van der Waals surface area contributed by atoms with Gasteiger partial charge in [-0.1, -0.05) is 37.2 Å². The maximum absolute atomic E-state index is 12.6. The van der Waals surface area contributed by atoms with E-state index < -0.39 is 0 Å². The SMILES string of the molecule is C=C(O)PCCOc1cc(C)cc(CC)c1-c1cc(=O)c2cccc(Cl)c2o1. The predicted molar refractivity (Wildman–Crippen MR) is 117 cm³/mol. The Balaban J connectivity index is 2.12. The highest BCUT2D eigenvalue weighted by Crippen LogP contribution is 2.37. The molecule has 1 aromatic heterocycles. The normalized spacial score (nSPS) is 11.4. The van der Waals surface area contributed by atoms with Gasteiger partial charge in [0.15, 0.2) is 11.0 Å². The second-order valence-electron chi connectivity index (χ2n) is 6.46. The van der Waals surface area contributed by atoms with Crippen molar-refractivity contribution in [1.82, 2.24) is 0 Å². The van der Waals surface area contributed by atoms with Crippen LogP contribution in [0.5, 0.6) is 5.75 Å². The molecule has 3 aromatic rings. The second-order valence-corrected chi connectivity index (χ2v) is 8.30. The van der Waals surface area contributed by atoms with Gasteiger partial charge in [-0.25, -0.2) is 0 Å². The molecule has 0 amide bonds. The quantitative estimate of drug-likeness (QED) is 0.288. The Morgan fingerprint density at radius 2 is 2.11 bits per heavy atom. The zero-order chi connectivity index (χ0) is 20.3. The van der Waals surface area contributed by atoms with Crippen LogP contribution in [0.4, 0.5) is 0 Å². The van der Waals surface area contributed by atoms with E-state index in [9.17, 15) is 9.90 Å². The van der Waals surface area contributed by atoms with Crippen LogP contribution in [0.3, 0.4) is 0 Å². The highest BCUT2D eigenvalue weighted by molar-refractivity contribution is 7.42. The van der Waals surface area contributed by atoms with Crippen LogP contribution in [0.15, 0.2) is 57.7 Å². The van der Waals surface area contributed by atoms with E-state index in [4.69, 9.17) is 20.8 Å². The molecular formula is C22H22ClO4P. The summed E-state index contributed by atoms with van der Waals surface area (Å²) in [4.78, 5) is 12.6. The number of benzene rings is 2. The van der Waals surface area contributed by atoms with Crippen molar-refractivity contribution < 1.29 is 14.3 Å². The van der Waals surface area contributed by atoms with Crippen LogP contribution < -0.4 is 10.2 Å². The van der Waals surface area contributed by atoms with Crippen molar-refractivity contribution in [3.05, 3.63) is 74.9 Å².